The Morgan fingerprint density at radius 3 is 2.70 bits per heavy atom. The number of fused-ring (bicyclic) bond motifs is 1. The van der Waals surface area contributed by atoms with Gasteiger partial charge >= 0.3 is 0 Å². The number of hydrogen-bond donors (Lipinski definition) is 0. The smallest absolute Gasteiger partial charge is 0.148 e. The molecule has 2 aromatic rings. The van der Waals surface area contributed by atoms with Crippen LogP contribution in [-0.2, 0) is 0 Å². The van der Waals surface area contributed by atoms with Gasteiger partial charge in [0.25, 0.3) is 0 Å². The van der Waals surface area contributed by atoms with Gasteiger partial charge in [-0.2, -0.15) is 5.26 Å². The molecule has 0 radical (unpaired) electrons. The van der Waals surface area contributed by atoms with Gasteiger partial charge in [0.1, 0.15) is 24.0 Å². The SMILES string of the molecule is CCN(CC)CCOc1c(C#N)cnc2ccccc12. The largest absolute Gasteiger partial charge is 0.490 e. The van der Waals surface area contributed by atoms with Gasteiger partial charge < -0.3 is 9.64 Å². The average molecular weight is 269 g/mol. The van der Waals surface area contributed by atoms with Crippen molar-refractivity contribution in [3.8, 4) is 11.8 Å². The lowest BCUT2D eigenvalue weighted by Gasteiger charge is -2.18. The van der Waals surface area contributed by atoms with Crippen molar-refractivity contribution in [3.05, 3.63) is 36.0 Å². The Morgan fingerprint density at radius 1 is 1.25 bits per heavy atom. The summed E-state index contributed by atoms with van der Waals surface area (Å²) in [6, 6.07) is 9.88. The number of para-hydroxylation sites is 1. The predicted octanol–water partition coefficient (Wildman–Crippen LogP) is 2.83. The maximum Gasteiger partial charge on any atom is 0.148 e. The topological polar surface area (TPSA) is 49.1 Å². The minimum absolute atomic E-state index is 0.489. The molecule has 0 bridgehead atoms. The minimum Gasteiger partial charge on any atom is -0.490 e. The molecule has 1 aromatic heterocycles. The van der Waals surface area contributed by atoms with Crippen LogP contribution in [0.2, 0.25) is 0 Å². The molecule has 0 amide bonds. The van der Waals surface area contributed by atoms with E-state index >= 15 is 0 Å². The summed E-state index contributed by atoms with van der Waals surface area (Å²) in [4.78, 5) is 6.56. The third-order valence-corrected chi connectivity index (χ3v) is 3.39. The van der Waals surface area contributed by atoms with Crippen molar-refractivity contribution >= 4 is 10.9 Å². The molecule has 4 heteroatoms. The summed E-state index contributed by atoms with van der Waals surface area (Å²) >= 11 is 0. The third kappa shape index (κ3) is 3.06. The molecule has 0 aliphatic carbocycles. The molecule has 0 saturated heterocycles. The van der Waals surface area contributed by atoms with Gasteiger partial charge in [0.05, 0.1) is 5.52 Å². The van der Waals surface area contributed by atoms with Gasteiger partial charge in [-0.25, -0.2) is 0 Å². The molecule has 0 spiro atoms. The van der Waals surface area contributed by atoms with E-state index in [0.29, 0.717) is 17.9 Å². The van der Waals surface area contributed by atoms with Crippen molar-refractivity contribution in [2.45, 2.75) is 13.8 Å². The summed E-state index contributed by atoms with van der Waals surface area (Å²) < 4.78 is 5.87. The van der Waals surface area contributed by atoms with Crippen LogP contribution in [0.5, 0.6) is 5.75 Å². The second kappa shape index (κ2) is 6.88. The third-order valence-electron chi connectivity index (χ3n) is 3.39. The lowest BCUT2D eigenvalue weighted by Crippen LogP contribution is -2.28. The van der Waals surface area contributed by atoms with Gasteiger partial charge in [0.15, 0.2) is 0 Å². The van der Waals surface area contributed by atoms with Crippen molar-refractivity contribution in [2.75, 3.05) is 26.2 Å². The van der Waals surface area contributed by atoms with E-state index in [-0.39, 0.29) is 0 Å². The number of nitrogens with zero attached hydrogens (tertiary/aromatic N) is 3. The van der Waals surface area contributed by atoms with Crippen molar-refractivity contribution in [1.82, 2.24) is 9.88 Å². The highest BCUT2D eigenvalue weighted by Crippen LogP contribution is 2.27. The van der Waals surface area contributed by atoms with E-state index in [0.717, 1.165) is 30.5 Å². The van der Waals surface area contributed by atoms with E-state index in [1.54, 1.807) is 6.20 Å². The fourth-order valence-electron chi connectivity index (χ4n) is 2.17. The van der Waals surface area contributed by atoms with Crippen LogP contribution in [0, 0.1) is 11.3 Å². The zero-order valence-corrected chi connectivity index (χ0v) is 12.0. The average Bonchev–Trinajstić information content (AvgIpc) is 2.51. The molecule has 104 valence electrons. The molecule has 0 fully saturated rings. The first-order valence-electron chi connectivity index (χ1n) is 6.93. The standard InChI is InChI=1S/C16H19N3O/c1-3-19(4-2)9-10-20-16-13(11-17)12-18-15-8-6-5-7-14(15)16/h5-8,12H,3-4,9-10H2,1-2H3. The van der Waals surface area contributed by atoms with E-state index < -0.39 is 0 Å². The maximum absolute atomic E-state index is 9.20. The number of benzene rings is 1. The number of pyridine rings is 1. The van der Waals surface area contributed by atoms with Crippen LogP contribution < -0.4 is 4.74 Å². The van der Waals surface area contributed by atoms with E-state index in [2.05, 4.69) is 29.8 Å². The first kappa shape index (κ1) is 14.3. The molecular weight excluding hydrogens is 250 g/mol. The Kier molecular flexibility index (Phi) is 4.91. The quantitative estimate of drug-likeness (QED) is 0.809. The molecule has 0 atom stereocenters. The summed E-state index contributed by atoms with van der Waals surface area (Å²) in [5, 5.41) is 10.1. The summed E-state index contributed by atoms with van der Waals surface area (Å²) in [7, 11) is 0. The van der Waals surface area contributed by atoms with Crippen molar-refractivity contribution in [1.29, 1.82) is 5.26 Å². The molecule has 1 heterocycles. The highest BCUT2D eigenvalue weighted by molar-refractivity contribution is 5.87. The fraction of sp³-hybridized carbons (Fsp3) is 0.375. The van der Waals surface area contributed by atoms with E-state index in [4.69, 9.17) is 4.74 Å². The molecule has 0 saturated carbocycles. The van der Waals surface area contributed by atoms with E-state index in [9.17, 15) is 5.26 Å². The zero-order chi connectivity index (χ0) is 14.4. The number of likely N-dealkylation sites (N-methyl/N-ethyl adjacent to an activating group) is 1. The molecular formula is C16H19N3O. The summed E-state index contributed by atoms with van der Waals surface area (Å²) in [5.41, 5.74) is 1.34. The number of ether oxygens (including phenoxy) is 1. The number of nitriles is 1. The highest BCUT2D eigenvalue weighted by Gasteiger charge is 2.10. The van der Waals surface area contributed by atoms with Crippen molar-refractivity contribution in [2.24, 2.45) is 0 Å². The molecule has 0 aliphatic rings. The van der Waals surface area contributed by atoms with Gasteiger partial charge in [-0.05, 0) is 25.2 Å². The van der Waals surface area contributed by atoms with Crippen LogP contribution in [0.1, 0.15) is 19.4 Å². The molecule has 0 N–H and O–H groups in total. The van der Waals surface area contributed by atoms with Crippen LogP contribution in [0.15, 0.2) is 30.5 Å². The minimum atomic E-state index is 0.489. The van der Waals surface area contributed by atoms with Gasteiger partial charge in [-0.15, -0.1) is 0 Å². The maximum atomic E-state index is 9.20. The molecule has 1 aromatic carbocycles. The van der Waals surface area contributed by atoms with Gasteiger partial charge in [0.2, 0.25) is 0 Å². The lowest BCUT2D eigenvalue weighted by atomic mass is 10.1. The van der Waals surface area contributed by atoms with Crippen LogP contribution in [-0.4, -0.2) is 36.1 Å². The van der Waals surface area contributed by atoms with Crippen molar-refractivity contribution < 1.29 is 4.74 Å². The van der Waals surface area contributed by atoms with Gasteiger partial charge in [0, 0.05) is 18.1 Å². The Bertz CT molecular complexity index is 615. The van der Waals surface area contributed by atoms with Crippen LogP contribution in [0.3, 0.4) is 0 Å². The Hall–Kier alpha value is -2.12. The summed E-state index contributed by atoms with van der Waals surface area (Å²) in [6.07, 6.45) is 1.58. The number of hydrogen-bond acceptors (Lipinski definition) is 4. The Morgan fingerprint density at radius 2 is 2.00 bits per heavy atom. The van der Waals surface area contributed by atoms with Crippen LogP contribution in [0.25, 0.3) is 10.9 Å². The second-order valence-corrected chi connectivity index (χ2v) is 4.51. The Labute approximate surface area is 119 Å². The molecule has 4 nitrogen and oxygen atoms in total. The Balaban J connectivity index is 2.21. The molecule has 0 unspecified atom stereocenters. The highest BCUT2D eigenvalue weighted by atomic mass is 16.5. The van der Waals surface area contributed by atoms with E-state index in [1.807, 2.05) is 24.3 Å². The molecule has 20 heavy (non-hydrogen) atoms. The fourth-order valence-corrected chi connectivity index (χ4v) is 2.17. The van der Waals surface area contributed by atoms with Gasteiger partial charge in [-0.1, -0.05) is 26.0 Å². The normalized spacial score (nSPS) is 10.7. The van der Waals surface area contributed by atoms with E-state index in [1.165, 1.54) is 0 Å². The summed E-state index contributed by atoms with van der Waals surface area (Å²) in [5.74, 6) is 0.644. The second-order valence-electron chi connectivity index (χ2n) is 4.51. The first-order valence-corrected chi connectivity index (χ1v) is 6.93. The number of rotatable bonds is 6. The van der Waals surface area contributed by atoms with Crippen LogP contribution >= 0.6 is 0 Å². The molecule has 0 aliphatic heterocycles. The monoisotopic (exact) mass is 269 g/mol. The first-order chi connectivity index (χ1) is 9.80. The van der Waals surface area contributed by atoms with Crippen molar-refractivity contribution in [3.63, 3.8) is 0 Å². The van der Waals surface area contributed by atoms with Crippen LogP contribution in [0.4, 0.5) is 0 Å². The predicted molar refractivity (Wildman–Crippen MR) is 79.7 cm³/mol. The zero-order valence-electron chi connectivity index (χ0n) is 12.0. The lowest BCUT2D eigenvalue weighted by molar-refractivity contribution is 0.224. The summed E-state index contributed by atoms with van der Waals surface area (Å²) in [6.45, 7) is 7.70. The van der Waals surface area contributed by atoms with Gasteiger partial charge in [-0.3, -0.25) is 4.98 Å². The number of aromatic nitrogens is 1. The molecule has 2 rings (SSSR count).